The Morgan fingerprint density at radius 3 is 2.52 bits per heavy atom. The van der Waals surface area contributed by atoms with Crippen molar-refractivity contribution in [2.24, 2.45) is 29.6 Å². The van der Waals surface area contributed by atoms with Crippen molar-refractivity contribution in [1.29, 1.82) is 0 Å². The highest BCUT2D eigenvalue weighted by Gasteiger charge is 2.47. The van der Waals surface area contributed by atoms with Crippen LogP contribution >= 0.6 is 0 Å². The van der Waals surface area contributed by atoms with Gasteiger partial charge in [0.05, 0.1) is 6.42 Å². The lowest BCUT2D eigenvalue weighted by atomic mass is 9.57. The molecule has 0 spiro atoms. The molecule has 0 aromatic carbocycles. The van der Waals surface area contributed by atoms with E-state index in [1.165, 1.54) is 44.9 Å². The van der Waals surface area contributed by atoms with Gasteiger partial charge in [-0.15, -0.1) is 0 Å². The highest BCUT2D eigenvalue weighted by atomic mass is 16.5. The summed E-state index contributed by atoms with van der Waals surface area (Å²) in [6.07, 6.45) is 14.6. The number of hydrogen-bond donors (Lipinski definition) is 2. The van der Waals surface area contributed by atoms with Crippen LogP contribution < -0.4 is 10.6 Å². The molecule has 4 fully saturated rings. The number of carbonyl (C=O) groups excluding carboxylic acids is 2. The number of carbonyl (C=O) groups is 2. The highest BCUT2D eigenvalue weighted by molar-refractivity contribution is 5.81. The molecule has 33 heavy (non-hydrogen) atoms. The number of nitrogens with one attached hydrogen (secondary N) is 2. The molecule has 1 heterocycles. The topological polar surface area (TPSA) is 70.7 Å². The summed E-state index contributed by atoms with van der Waals surface area (Å²) in [5, 5.41) is 6.66. The maximum absolute atomic E-state index is 12.6. The third-order valence-corrected chi connectivity index (χ3v) is 9.39. The van der Waals surface area contributed by atoms with Gasteiger partial charge in [0, 0.05) is 52.1 Å². The predicted octanol–water partition coefficient (Wildman–Crippen LogP) is 3.27. The van der Waals surface area contributed by atoms with E-state index in [0.29, 0.717) is 13.1 Å². The lowest BCUT2D eigenvalue weighted by Crippen LogP contribution is -2.41. The zero-order valence-corrected chi connectivity index (χ0v) is 20.2. The Morgan fingerprint density at radius 1 is 0.879 bits per heavy atom. The summed E-state index contributed by atoms with van der Waals surface area (Å²) < 4.78 is 5.87. The van der Waals surface area contributed by atoms with Crippen LogP contribution in [0.5, 0.6) is 0 Å². The van der Waals surface area contributed by atoms with Crippen molar-refractivity contribution < 1.29 is 14.3 Å². The molecule has 6 unspecified atom stereocenters. The van der Waals surface area contributed by atoms with Gasteiger partial charge >= 0.3 is 5.97 Å². The Balaban J connectivity index is 1.08. The zero-order chi connectivity index (χ0) is 22.6. The lowest BCUT2D eigenvalue weighted by molar-refractivity contribution is -0.152. The van der Waals surface area contributed by atoms with E-state index in [4.69, 9.17) is 4.74 Å². The van der Waals surface area contributed by atoms with Gasteiger partial charge in [-0.1, -0.05) is 24.5 Å². The fourth-order valence-corrected chi connectivity index (χ4v) is 7.78. The van der Waals surface area contributed by atoms with Crippen LogP contribution in [0.15, 0.2) is 11.6 Å². The van der Waals surface area contributed by atoms with E-state index in [9.17, 15) is 9.59 Å². The van der Waals surface area contributed by atoms with Crippen LogP contribution in [0.4, 0.5) is 0 Å². The van der Waals surface area contributed by atoms with Gasteiger partial charge in [-0.05, 0) is 68.1 Å². The summed E-state index contributed by atoms with van der Waals surface area (Å²) in [7, 11) is 0. The molecule has 1 saturated heterocycles. The molecule has 1 amide bonds. The number of nitrogens with zero attached hydrogens (tertiary/aromatic N) is 1. The van der Waals surface area contributed by atoms with Gasteiger partial charge in [0.25, 0.3) is 0 Å². The largest absolute Gasteiger partial charge is 0.462 e. The summed E-state index contributed by atoms with van der Waals surface area (Å²) in [5.74, 6) is 4.39. The normalized spacial score (nSPS) is 36.8. The lowest BCUT2D eigenvalue weighted by Gasteiger charge is -2.49. The highest BCUT2D eigenvalue weighted by Crippen LogP contribution is 2.56. The molecule has 6 atom stereocenters. The second kappa shape index (κ2) is 10.9. The van der Waals surface area contributed by atoms with Gasteiger partial charge < -0.3 is 20.3 Å². The fourth-order valence-electron chi connectivity index (χ4n) is 7.78. The van der Waals surface area contributed by atoms with Crippen LogP contribution in [0.2, 0.25) is 0 Å². The summed E-state index contributed by atoms with van der Waals surface area (Å²) in [6.45, 7) is 4.87. The molecule has 0 bridgehead atoms. The number of ether oxygens (including phenoxy) is 1. The average Bonchev–Trinajstić information content (AvgIpc) is 3.35. The molecule has 4 aliphatic carbocycles. The third kappa shape index (κ3) is 5.48. The third-order valence-electron chi connectivity index (χ3n) is 9.39. The van der Waals surface area contributed by atoms with Crippen LogP contribution in [0.25, 0.3) is 0 Å². The summed E-state index contributed by atoms with van der Waals surface area (Å²) in [5.41, 5.74) is 1.57. The molecule has 0 aromatic rings. The molecule has 6 nitrogen and oxygen atoms in total. The van der Waals surface area contributed by atoms with Crippen molar-refractivity contribution in [2.45, 2.75) is 76.7 Å². The van der Waals surface area contributed by atoms with Crippen LogP contribution in [0.1, 0.15) is 70.6 Å². The first-order valence-electron chi connectivity index (χ1n) is 13.8. The molecule has 2 N–H and O–H groups in total. The Kier molecular flexibility index (Phi) is 7.71. The van der Waals surface area contributed by atoms with E-state index in [1.807, 2.05) is 4.90 Å². The molecule has 5 rings (SSSR count). The molecule has 0 aromatic heterocycles. The summed E-state index contributed by atoms with van der Waals surface area (Å²) in [4.78, 5) is 27.0. The Hall–Kier alpha value is -1.40. The van der Waals surface area contributed by atoms with E-state index >= 15 is 0 Å². The van der Waals surface area contributed by atoms with E-state index in [2.05, 4.69) is 16.7 Å². The van der Waals surface area contributed by atoms with Crippen molar-refractivity contribution in [1.82, 2.24) is 15.5 Å². The van der Waals surface area contributed by atoms with Gasteiger partial charge in [-0.3, -0.25) is 9.59 Å². The number of esters is 1. The standard InChI is InChI=1S/C27H43N3O3/c31-26(30-16-14-28-12-13-29-15-17-30)10-11-27(32)33-21-6-9-23-20(18-21)5-8-24-22-3-1-2-19(22)4-7-25(23)24/h5,19,21-25,28-29H,1-4,6-18H2. The van der Waals surface area contributed by atoms with E-state index in [-0.39, 0.29) is 30.8 Å². The molecular weight excluding hydrogens is 414 g/mol. The summed E-state index contributed by atoms with van der Waals surface area (Å²) in [6, 6.07) is 0. The number of rotatable bonds is 4. The predicted molar refractivity (Wildman–Crippen MR) is 129 cm³/mol. The second-order valence-corrected chi connectivity index (χ2v) is 11.2. The zero-order valence-electron chi connectivity index (χ0n) is 20.2. The maximum atomic E-state index is 12.6. The monoisotopic (exact) mass is 457 g/mol. The molecule has 1 aliphatic heterocycles. The van der Waals surface area contributed by atoms with Crippen LogP contribution in [0, 0.1) is 29.6 Å². The first-order chi connectivity index (χ1) is 16.2. The quantitative estimate of drug-likeness (QED) is 0.501. The van der Waals surface area contributed by atoms with Gasteiger partial charge in [0.1, 0.15) is 6.10 Å². The minimum absolute atomic E-state index is 0.00748. The van der Waals surface area contributed by atoms with Crippen LogP contribution in [-0.4, -0.2) is 62.1 Å². The molecule has 6 heteroatoms. The van der Waals surface area contributed by atoms with Gasteiger partial charge in [-0.2, -0.15) is 0 Å². The average molecular weight is 458 g/mol. The second-order valence-electron chi connectivity index (χ2n) is 11.2. The first-order valence-corrected chi connectivity index (χ1v) is 13.8. The minimum atomic E-state index is -0.201. The van der Waals surface area contributed by atoms with Gasteiger partial charge in [0.2, 0.25) is 5.91 Å². The van der Waals surface area contributed by atoms with E-state index in [1.54, 1.807) is 5.57 Å². The van der Waals surface area contributed by atoms with Crippen molar-refractivity contribution in [3.05, 3.63) is 11.6 Å². The van der Waals surface area contributed by atoms with Crippen LogP contribution in [0.3, 0.4) is 0 Å². The molecule has 3 saturated carbocycles. The van der Waals surface area contributed by atoms with Crippen molar-refractivity contribution in [2.75, 3.05) is 39.3 Å². The van der Waals surface area contributed by atoms with E-state index in [0.717, 1.165) is 68.6 Å². The smallest absolute Gasteiger partial charge is 0.306 e. The number of fused-ring (bicyclic) bond motifs is 5. The first kappa shape index (κ1) is 23.3. The Labute approximate surface area is 199 Å². The summed E-state index contributed by atoms with van der Waals surface area (Å²) >= 11 is 0. The van der Waals surface area contributed by atoms with Gasteiger partial charge in [-0.25, -0.2) is 0 Å². The SMILES string of the molecule is O=C(CCC(=O)N1CCNCCNCC1)OC1CCC2C(=CCC3C4CCCC4CCC23)C1. The van der Waals surface area contributed by atoms with Gasteiger partial charge in [0.15, 0.2) is 0 Å². The molecule has 0 radical (unpaired) electrons. The number of allylic oxidation sites excluding steroid dienone is 1. The number of hydrogen-bond acceptors (Lipinski definition) is 5. The van der Waals surface area contributed by atoms with Crippen molar-refractivity contribution >= 4 is 11.9 Å². The maximum Gasteiger partial charge on any atom is 0.306 e. The molecule has 5 aliphatic rings. The van der Waals surface area contributed by atoms with E-state index < -0.39 is 0 Å². The molecular formula is C27H43N3O3. The van der Waals surface area contributed by atoms with Crippen molar-refractivity contribution in [3.63, 3.8) is 0 Å². The Bertz CT molecular complexity index is 728. The van der Waals surface area contributed by atoms with Crippen LogP contribution in [-0.2, 0) is 14.3 Å². The number of amides is 1. The molecule has 184 valence electrons. The fraction of sp³-hybridized carbons (Fsp3) is 0.852. The van der Waals surface area contributed by atoms with Crippen molar-refractivity contribution in [3.8, 4) is 0 Å². The minimum Gasteiger partial charge on any atom is -0.462 e. The Morgan fingerprint density at radius 2 is 1.70 bits per heavy atom.